The second-order valence-electron chi connectivity index (χ2n) is 4.81. The highest BCUT2D eigenvalue weighted by Gasteiger charge is 2.10. The maximum Gasteiger partial charge on any atom is 0.250 e. The minimum Gasteiger partial charge on any atom is -0.312 e. The summed E-state index contributed by atoms with van der Waals surface area (Å²) in [6.07, 6.45) is 1.83. The number of rotatable bonds is 3. The molecule has 0 saturated carbocycles. The second kappa shape index (κ2) is 5.53. The van der Waals surface area contributed by atoms with Gasteiger partial charge in [-0.05, 0) is 18.6 Å². The van der Waals surface area contributed by atoms with Crippen LogP contribution in [0.25, 0.3) is 10.2 Å². The third-order valence-corrected chi connectivity index (χ3v) is 3.96. The van der Waals surface area contributed by atoms with Crippen molar-refractivity contribution in [3.05, 3.63) is 41.2 Å². The Balaban J connectivity index is 2.74. The van der Waals surface area contributed by atoms with Gasteiger partial charge < -0.3 is 4.57 Å². The Labute approximate surface area is 116 Å². The van der Waals surface area contributed by atoms with Gasteiger partial charge in [0.05, 0.1) is 10.2 Å². The maximum atomic E-state index is 11.8. The number of thiazole rings is 1. The van der Waals surface area contributed by atoms with Crippen molar-refractivity contribution in [2.75, 3.05) is 0 Å². The lowest BCUT2D eigenvalue weighted by Gasteiger charge is -2.03. The van der Waals surface area contributed by atoms with Crippen LogP contribution in [0.3, 0.4) is 0 Å². The second-order valence-corrected chi connectivity index (χ2v) is 5.82. The van der Waals surface area contributed by atoms with E-state index in [1.54, 1.807) is 11.3 Å². The summed E-state index contributed by atoms with van der Waals surface area (Å²) in [5.41, 5.74) is 2.33. The van der Waals surface area contributed by atoms with E-state index in [1.807, 2.05) is 26.0 Å². The van der Waals surface area contributed by atoms with Crippen LogP contribution >= 0.6 is 11.3 Å². The van der Waals surface area contributed by atoms with Crippen LogP contribution in [0.1, 0.15) is 19.4 Å². The number of para-hydroxylation sites is 1. The zero-order valence-electron chi connectivity index (χ0n) is 11.5. The van der Waals surface area contributed by atoms with Gasteiger partial charge in [0.2, 0.25) is 0 Å². The van der Waals surface area contributed by atoms with E-state index in [0.29, 0.717) is 6.54 Å². The quantitative estimate of drug-likeness (QED) is 0.791. The van der Waals surface area contributed by atoms with Crippen molar-refractivity contribution in [1.82, 2.24) is 4.57 Å². The fourth-order valence-corrected chi connectivity index (χ4v) is 3.04. The molecule has 0 aliphatic rings. The van der Waals surface area contributed by atoms with E-state index < -0.39 is 0 Å². The molecule has 0 aliphatic carbocycles. The fraction of sp³-hybridized carbons (Fsp3) is 0.333. The fourth-order valence-electron chi connectivity index (χ4n) is 1.91. The van der Waals surface area contributed by atoms with E-state index >= 15 is 0 Å². The average molecular weight is 274 g/mol. The molecule has 0 N–H and O–H groups in total. The number of aryl methyl sites for hydroxylation is 1. The Morgan fingerprint density at radius 3 is 2.89 bits per heavy atom. The van der Waals surface area contributed by atoms with Gasteiger partial charge in [0.15, 0.2) is 4.80 Å². The molecule has 4 heteroatoms. The molecular formula is C15H18N2OS. The standard InChI is InChI=1S/C15H18N2OS/c1-5-9-17-13-11(4)7-6-8-12(13)19-15(17)16-14(18)10(2)3/h5-8,10H,1,9H2,2-4H3. The van der Waals surface area contributed by atoms with Crippen molar-refractivity contribution in [2.45, 2.75) is 27.3 Å². The van der Waals surface area contributed by atoms with Gasteiger partial charge >= 0.3 is 0 Å². The van der Waals surface area contributed by atoms with Gasteiger partial charge in [0.1, 0.15) is 0 Å². The van der Waals surface area contributed by atoms with Crippen LogP contribution in [-0.4, -0.2) is 10.5 Å². The number of aromatic nitrogens is 1. The number of allylic oxidation sites excluding steroid dienone is 1. The summed E-state index contributed by atoms with van der Waals surface area (Å²) in [7, 11) is 0. The third kappa shape index (κ3) is 2.68. The Hall–Kier alpha value is -1.68. The van der Waals surface area contributed by atoms with Crippen LogP contribution in [0.5, 0.6) is 0 Å². The lowest BCUT2D eigenvalue weighted by molar-refractivity contribution is -0.120. The van der Waals surface area contributed by atoms with Crippen molar-refractivity contribution in [3.63, 3.8) is 0 Å². The zero-order chi connectivity index (χ0) is 14.0. The smallest absolute Gasteiger partial charge is 0.250 e. The molecule has 3 nitrogen and oxygen atoms in total. The molecule has 0 bridgehead atoms. The molecule has 0 spiro atoms. The molecule has 2 aromatic rings. The lowest BCUT2D eigenvalue weighted by atomic mass is 10.2. The number of amides is 1. The molecule has 0 radical (unpaired) electrons. The molecule has 0 unspecified atom stereocenters. The minimum absolute atomic E-state index is 0.0801. The van der Waals surface area contributed by atoms with Gasteiger partial charge in [0, 0.05) is 12.5 Å². The molecule has 1 aromatic heterocycles. The molecule has 1 aromatic carbocycles. The Morgan fingerprint density at radius 2 is 2.26 bits per heavy atom. The molecular weight excluding hydrogens is 256 g/mol. The molecule has 0 atom stereocenters. The molecule has 1 heterocycles. The highest BCUT2D eigenvalue weighted by Crippen LogP contribution is 2.20. The topological polar surface area (TPSA) is 34.4 Å². The van der Waals surface area contributed by atoms with Crippen LogP contribution in [0.4, 0.5) is 0 Å². The highest BCUT2D eigenvalue weighted by atomic mass is 32.1. The SMILES string of the molecule is C=CCn1c(=NC(=O)C(C)C)sc2cccc(C)c21. The third-order valence-electron chi connectivity index (χ3n) is 2.91. The lowest BCUT2D eigenvalue weighted by Crippen LogP contribution is -2.18. The number of fused-ring (bicyclic) bond motifs is 1. The number of hydrogen-bond acceptors (Lipinski definition) is 2. The van der Waals surface area contributed by atoms with Crippen molar-refractivity contribution in [3.8, 4) is 0 Å². The predicted octanol–water partition coefficient (Wildman–Crippen LogP) is 3.28. The van der Waals surface area contributed by atoms with Crippen molar-refractivity contribution in [2.24, 2.45) is 10.9 Å². The van der Waals surface area contributed by atoms with Gasteiger partial charge in [0.25, 0.3) is 5.91 Å². The normalized spacial score (nSPS) is 12.3. The molecule has 0 aliphatic heterocycles. The van der Waals surface area contributed by atoms with Crippen molar-refractivity contribution >= 4 is 27.5 Å². The monoisotopic (exact) mass is 274 g/mol. The molecule has 0 fully saturated rings. The van der Waals surface area contributed by atoms with Crippen LogP contribution in [0, 0.1) is 12.8 Å². The van der Waals surface area contributed by atoms with Crippen molar-refractivity contribution < 1.29 is 4.79 Å². The van der Waals surface area contributed by atoms with Crippen molar-refractivity contribution in [1.29, 1.82) is 0 Å². The Kier molecular flexibility index (Phi) is 4.00. The minimum atomic E-state index is -0.0815. The highest BCUT2D eigenvalue weighted by molar-refractivity contribution is 7.16. The van der Waals surface area contributed by atoms with Crippen LogP contribution in [0.15, 0.2) is 35.8 Å². The summed E-state index contributed by atoms with van der Waals surface area (Å²) in [5, 5.41) is 0. The summed E-state index contributed by atoms with van der Waals surface area (Å²) in [5.74, 6) is -0.162. The first kappa shape index (κ1) is 13.7. The Morgan fingerprint density at radius 1 is 1.53 bits per heavy atom. The number of hydrogen-bond donors (Lipinski definition) is 0. The zero-order valence-corrected chi connectivity index (χ0v) is 12.3. The summed E-state index contributed by atoms with van der Waals surface area (Å²) >= 11 is 1.55. The summed E-state index contributed by atoms with van der Waals surface area (Å²) < 4.78 is 3.21. The number of carbonyl (C=O) groups excluding carboxylic acids is 1. The first-order valence-corrected chi connectivity index (χ1v) is 7.14. The summed E-state index contributed by atoms with van der Waals surface area (Å²) in [6.45, 7) is 10.2. The van der Waals surface area contributed by atoms with Crippen LogP contribution in [-0.2, 0) is 11.3 Å². The van der Waals surface area contributed by atoms with E-state index in [1.165, 1.54) is 5.56 Å². The van der Waals surface area contributed by atoms with Gasteiger partial charge in [-0.1, -0.05) is 43.4 Å². The van der Waals surface area contributed by atoms with Gasteiger partial charge in [-0.3, -0.25) is 4.79 Å². The average Bonchev–Trinajstić information content (AvgIpc) is 2.69. The molecule has 19 heavy (non-hydrogen) atoms. The first-order valence-electron chi connectivity index (χ1n) is 6.33. The van der Waals surface area contributed by atoms with Gasteiger partial charge in [-0.2, -0.15) is 4.99 Å². The van der Waals surface area contributed by atoms with E-state index in [0.717, 1.165) is 15.0 Å². The molecule has 2 rings (SSSR count). The maximum absolute atomic E-state index is 11.8. The van der Waals surface area contributed by atoms with E-state index in [4.69, 9.17) is 0 Å². The largest absolute Gasteiger partial charge is 0.312 e. The van der Waals surface area contributed by atoms with E-state index in [9.17, 15) is 4.79 Å². The Bertz CT molecular complexity index is 692. The van der Waals surface area contributed by atoms with Crippen LogP contribution in [0.2, 0.25) is 0 Å². The van der Waals surface area contributed by atoms with Crippen LogP contribution < -0.4 is 4.80 Å². The molecule has 0 saturated heterocycles. The predicted molar refractivity (Wildman–Crippen MR) is 80.2 cm³/mol. The number of nitrogens with zero attached hydrogens (tertiary/aromatic N) is 2. The van der Waals surface area contributed by atoms with E-state index in [2.05, 4.69) is 35.2 Å². The summed E-state index contributed by atoms with van der Waals surface area (Å²) in [6, 6.07) is 6.16. The molecule has 1 amide bonds. The first-order chi connectivity index (χ1) is 9.04. The van der Waals surface area contributed by atoms with Gasteiger partial charge in [-0.25, -0.2) is 0 Å². The number of benzene rings is 1. The number of carbonyl (C=O) groups is 1. The van der Waals surface area contributed by atoms with Gasteiger partial charge in [-0.15, -0.1) is 6.58 Å². The summed E-state index contributed by atoms with van der Waals surface area (Å²) in [4.78, 5) is 16.8. The van der Waals surface area contributed by atoms with E-state index in [-0.39, 0.29) is 11.8 Å². The molecule has 100 valence electrons.